The third-order valence-electron chi connectivity index (χ3n) is 3.63. The van der Waals surface area contributed by atoms with Gasteiger partial charge in [0, 0.05) is 18.2 Å². The van der Waals surface area contributed by atoms with Crippen LogP contribution in [0.4, 0.5) is 0 Å². The minimum absolute atomic E-state index is 0.134. The van der Waals surface area contributed by atoms with Crippen LogP contribution in [0.25, 0.3) is 11.4 Å². The number of rotatable bonds is 3. The Kier molecular flexibility index (Phi) is 3.56. The number of carbonyl (C=O) groups is 1. The van der Waals surface area contributed by atoms with Gasteiger partial charge in [0.25, 0.3) is 0 Å². The molecular formula is C16H16N2O3. The van der Waals surface area contributed by atoms with E-state index in [0.717, 1.165) is 24.1 Å². The molecule has 1 aliphatic rings. The van der Waals surface area contributed by atoms with Crippen LogP contribution in [0.1, 0.15) is 28.9 Å². The molecule has 0 radical (unpaired) electrons. The van der Waals surface area contributed by atoms with Crippen molar-refractivity contribution in [1.82, 2.24) is 9.97 Å². The molecule has 0 amide bonds. The summed E-state index contributed by atoms with van der Waals surface area (Å²) in [5.74, 6) is 2.03. The van der Waals surface area contributed by atoms with E-state index in [4.69, 9.17) is 9.47 Å². The number of aryl methyl sites for hydroxylation is 1. The van der Waals surface area contributed by atoms with Crippen molar-refractivity contribution < 1.29 is 14.3 Å². The van der Waals surface area contributed by atoms with Crippen LogP contribution in [0, 0.1) is 0 Å². The molecule has 0 fully saturated rings. The Balaban J connectivity index is 2.03. The van der Waals surface area contributed by atoms with Gasteiger partial charge in [-0.3, -0.25) is 4.79 Å². The third kappa shape index (κ3) is 2.46. The van der Waals surface area contributed by atoms with Crippen LogP contribution >= 0.6 is 0 Å². The highest BCUT2D eigenvalue weighted by Gasteiger charge is 2.20. The Labute approximate surface area is 123 Å². The van der Waals surface area contributed by atoms with E-state index in [0.29, 0.717) is 29.3 Å². The van der Waals surface area contributed by atoms with E-state index >= 15 is 0 Å². The van der Waals surface area contributed by atoms with Crippen molar-refractivity contribution in [2.24, 2.45) is 0 Å². The van der Waals surface area contributed by atoms with Gasteiger partial charge in [0.1, 0.15) is 0 Å². The minimum Gasteiger partial charge on any atom is -0.493 e. The van der Waals surface area contributed by atoms with Crippen molar-refractivity contribution in [1.29, 1.82) is 0 Å². The van der Waals surface area contributed by atoms with Crippen molar-refractivity contribution in [3.63, 3.8) is 0 Å². The summed E-state index contributed by atoms with van der Waals surface area (Å²) in [5.41, 5.74) is 2.34. The summed E-state index contributed by atoms with van der Waals surface area (Å²) < 4.78 is 10.5. The molecule has 5 heteroatoms. The van der Waals surface area contributed by atoms with Crippen LogP contribution < -0.4 is 9.47 Å². The van der Waals surface area contributed by atoms with Crippen LogP contribution in [-0.4, -0.2) is 30.0 Å². The van der Waals surface area contributed by atoms with E-state index in [-0.39, 0.29) is 5.78 Å². The molecule has 2 aromatic rings. The number of hydrogen-bond acceptors (Lipinski definition) is 5. The number of fused-ring (bicyclic) bond motifs is 1. The van der Waals surface area contributed by atoms with Gasteiger partial charge >= 0.3 is 0 Å². The molecule has 1 aromatic carbocycles. The number of aromatic nitrogens is 2. The van der Waals surface area contributed by atoms with Gasteiger partial charge in [0.05, 0.1) is 25.5 Å². The van der Waals surface area contributed by atoms with Crippen molar-refractivity contribution in [3.8, 4) is 22.9 Å². The highest BCUT2D eigenvalue weighted by Crippen LogP contribution is 2.31. The Morgan fingerprint density at radius 1 is 1.10 bits per heavy atom. The summed E-state index contributed by atoms with van der Waals surface area (Å²) in [6, 6.07) is 5.54. The lowest BCUT2D eigenvalue weighted by Gasteiger charge is -2.14. The molecule has 0 saturated carbocycles. The fourth-order valence-electron chi connectivity index (χ4n) is 2.51. The number of hydrogen-bond donors (Lipinski definition) is 0. The van der Waals surface area contributed by atoms with Gasteiger partial charge in [-0.05, 0) is 31.0 Å². The fourth-order valence-corrected chi connectivity index (χ4v) is 2.51. The molecule has 108 valence electrons. The van der Waals surface area contributed by atoms with Gasteiger partial charge in [-0.25, -0.2) is 9.97 Å². The molecule has 0 atom stereocenters. The van der Waals surface area contributed by atoms with E-state index < -0.39 is 0 Å². The summed E-state index contributed by atoms with van der Waals surface area (Å²) in [6.45, 7) is 0. The predicted molar refractivity (Wildman–Crippen MR) is 77.8 cm³/mol. The normalized spacial score (nSPS) is 13.7. The van der Waals surface area contributed by atoms with Gasteiger partial charge < -0.3 is 9.47 Å². The van der Waals surface area contributed by atoms with Gasteiger partial charge in [-0.2, -0.15) is 0 Å². The minimum atomic E-state index is 0.134. The second-order valence-electron chi connectivity index (χ2n) is 4.90. The molecule has 0 aliphatic heterocycles. The molecule has 3 rings (SSSR count). The topological polar surface area (TPSA) is 61.3 Å². The van der Waals surface area contributed by atoms with Crippen LogP contribution in [0.5, 0.6) is 11.5 Å². The summed E-state index contributed by atoms with van der Waals surface area (Å²) in [4.78, 5) is 20.7. The summed E-state index contributed by atoms with van der Waals surface area (Å²) in [7, 11) is 3.19. The van der Waals surface area contributed by atoms with E-state index in [1.54, 1.807) is 20.4 Å². The maximum Gasteiger partial charge on any atom is 0.166 e. The van der Waals surface area contributed by atoms with Crippen molar-refractivity contribution in [3.05, 3.63) is 35.7 Å². The van der Waals surface area contributed by atoms with E-state index in [1.807, 2.05) is 18.2 Å². The molecule has 0 saturated heterocycles. The first kappa shape index (κ1) is 13.5. The number of methoxy groups -OCH3 is 2. The lowest BCUT2D eigenvalue weighted by atomic mass is 9.96. The molecule has 5 nitrogen and oxygen atoms in total. The quantitative estimate of drug-likeness (QED) is 0.867. The predicted octanol–water partition coefficient (Wildman–Crippen LogP) is 2.68. The number of Topliss-reactive ketones (excluding diaryl/α,β-unsaturated/α-hetero) is 1. The van der Waals surface area contributed by atoms with Crippen molar-refractivity contribution >= 4 is 5.78 Å². The summed E-state index contributed by atoms with van der Waals surface area (Å²) in [5, 5.41) is 0. The Morgan fingerprint density at radius 3 is 2.67 bits per heavy atom. The van der Waals surface area contributed by atoms with Gasteiger partial charge in [-0.15, -0.1) is 0 Å². The van der Waals surface area contributed by atoms with Crippen molar-refractivity contribution in [2.75, 3.05) is 14.2 Å². The zero-order chi connectivity index (χ0) is 14.8. The van der Waals surface area contributed by atoms with Crippen molar-refractivity contribution in [2.45, 2.75) is 19.3 Å². The zero-order valence-corrected chi connectivity index (χ0v) is 12.0. The first-order valence-corrected chi connectivity index (χ1v) is 6.84. The first-order chi connectivity index (χ1) is 10.2. The van der Waals surface area contributed by atoms with Gasteiger partial charge in [0.2, 0.25) is 0 Å². The zero-order valence-electron chi connectivity index (χ0n) is 12.0. The molecule has 0 N–H and O–H groups in total. The smallest absolute Gasteiger partial charge is 0.166 e. The maximum absolute atomic E-state index is 11.8. The standard InChI is InChI=1S/C16H16N2O3/c1-20-14-7-6-10(8-15(14)21-2)16-17-9-11-12(18-16)4-3-5-13(11)19/h6-9H,3-5H2,1-2H3. The SMILES string of the molecule is COc1ccc(-c2ncc3c(n2)CCCC3=O)cc1OC. The monoisotopic (exact) mass is 284 g/mol. The number of carbonyl (C=O) groups excluding carboxylic acids is 1. The van der Waals surface area contributed by atoms with E-state index in [2.05, 4.69) is 9.97 Å². The second-order valence-corrected chi connectivity index (χ2v) is 4.90. The Morgan fingerprint density at radius 2 is 1.90 bits per heavy atom. The molecule has 21 heavy (non-hydrogen) atoms. The number of ketones is 1. The average molecular weight is 284 g/mol. The van der Waals surface area contributed by atoms with E-state index in [1.165, 1.54) is 0 Å². The summed E-state index contributed by atoms with van der Waals surface area (Å²) in [6.07, 6.45) is 3.90. The highest BCUT2D eigenvalue weighted by atomic mass is 16.5. The maximum atomic E-state index is 11.8. The van der Waals surface area contributed by atoms with Crippen LogP contribution in [0.15, 0.2) is 24.4 Å². The molecule has 0 spiro atoms. The van der Waals surface area contributed by atoms with Crippen LogP contribution in [-0.2, 0) is 6.42 Å². The van der Waals surface area contributed by atoms with Crippen LogP contribution in [0.2, 0.25) is 0 Å². The lowest BCUT2D eigenvalue weighted by Crippen LogP contribution is -2.13. The highest BCUT2D eigenvalue weighted by molar-refractivity contribution is 5.97. The second kappa shape index (κ2) is 5.52. The molecule has 1 aliphatic carbocycles. The number of ether oxygens (including phenoxy) is 2. The first-order valence-electron chi connectivity index (χ1n) is 6.84. The van der Waals surface area contributed by atoms with Gasteiger partial charge in [0.15, 0.2) is 23.1 Å². The molecule has 1 heterocycles. The fraction of sp³-hybridized carbons (Fsp3) is 0.312. The molecule has 0 unspecified atom stereocenters. The Hall–Kier alpha value is -2.43. The third-order valence-corrected chi connectivity index (χ3v) is 3.63. The molecular weight excluding hydrogens is 268 g/mol. The van der Waals surface area contributed by atoms with E-state index in [9.17, 15) is 4.79 Å². The number of benzene rings is 1. The Bertz CT molecular complexity index is 698. The average Bonchev–Trinajstić information content (AvgIpc) is 2.54. The lowest BCUT2D eigenvalue weighted by molar-refractivity contribution is 0.0971. The molecule has 0 bridgehead atoms. The van der Waals surface area contributed by atoms with Gasteiger partial charge in [-0.1, -0.05) is 0 Å². The van der Waals surface area contributed by atoms with Crippen LogP contribution in [0.3, 0.4) is 0 Å². The largest absolute Gasteiger partial charge is 0.493 e. The molecule has 1 aromatic heterocycles. The summed E-state index contributed by atoms with van der Waals surface area (Å²) >= 11 is 0. The number of nitrogens with zero attached hydrogens (tertiary/aromatic N) is 2.